The number of ether oxygens (including phenoxy) is 3. The van der Waals surface area contributed by atoms with Crippen LogP contribution in [0, 0.1) is 0 Å². The fourth-order valence-electron chi connectivity index (χ4n) is 5.05. The molecule has 1 aromatic heterocycles. The van der Waals surface area contributed by atoms with E-state index in [1.807, 2.05) is 59.2 Å². The Labute approximate surface area is 257 Å². The van der Waals surface area contributed by atoms with E-state index in [2.05, 4.69) is 38.2 Å². The van der Waals surface area contributed by atoms with Crippen molar-refractivity contribution in [1.29, 1.82) is 0 Å². The van der Waals surface area contributed by atoms with Crippen LogP contribution in [0.15, 0.2) is 66.7 Å². The molecular formula is C34H39N3O7. The number of rotatable bonds is 10. The number of hydrogen-bond acceptors (Lipinski definition) is 6. The van der Waals surface area contributed by atoms with E-state index in [4.69, 9.17) is 14.2 Å². The number of nitrogens with one attached hydrogen (secondary N) is 1. The van der Waals surface area contributed by atoms with E-state index in [1.165, 1.54) is 5.56 Å². The van der Waals surface area contributed by atoms with Crippen molar-refractivity contribution in [3.63, 3.8) is 0 Å². The number of nitrogens with zero attached hydrogens (tertiary/aromatic N) is 2. The predicted molar refractivity (Wildman–Crippen MR) is 169 cm³/mol. The standard InChI is InChI=1S/C30H33NO5.C4H6N2O2/c1-30(2,3)22-12-10-21(11-13-22)27-25-8-6-7-9-26(25)31(28(27)29(32)33)19-20-16-23(35-5)18-24(17-20)36-15-14-34-4;7-3-6-2-1-5-4(6)8/h6-13,16-18H,14-15,19H2,1-5H3,(H,32,33);3H,1-2H2,(H,5,8). The minimum absolute atomic E-state index is 0.0115. The summed E-state index contributed by atoms with van der Waals surface area (Å²) < 4.78 is 18.2. The molecule has 44 heavy (non-hydrogen) atoms. The second-order valence-corrected chi connectivity index (χ2v) is 11.3. The first-order valence-electron chi connectivity index (χ1n) is 14.3. The summed E-state index contributed by atoms with van der Waals surface area (Å²) in [5.74, 6) is 0.319. The molecule has 2 N–H and O–H groups in total. The van der Waals surface area contributed by atoms with Crippen molar-refractivity contribution >= 4 is 29.3 Å². The lowest BCUT2D eigenvalue weighted by Crippen LogP contribution is -2.26. The zero-order valence-corrected chi connectivity index (χ0v) is 25.8. The van der Waals surface area contributed by atoms with E-state index in [-0.39, 0.29) is 17.1 Å². The van der Waals surface area contributed by atoms with Gasteiger partial charge in [0.05, 0.1) is 13.7 Å². The summed E-state index contributed by atoms with van der Waals surface area (Å²) in [6.45, 7) is 8.80. The van der Waals surface area contributed by atoms with Crippen molar-refractivity contribution in [2.75, 3.05) is 40.5 Å². The maximum absolute atomic E-state index is 12.7. The Morgan fingerprint density at radius 1 is 1.00 bits per heavy atom. The van der Waals surface area contributed by atoms with Crippen LogP contribution in [0.3, 0.4) is 0 Å². The lowest BCUT2D eigenvalue weighted by Gasteiger charge is -2.19. The van der Waals surface area contributed by atoms with Gasteiger partial charge in [-0.1, -0.05) is 63.2 Å². The summed E-state index contributed by atoms with van der Waals surface area (Å²) in [4.78, 5) is 34.1. The Hall–Kier alpha value is -4.83. The highest BCUT2D eigenvalue weighted by Crippen LogP contribution is 2.37. The fraction of sp³-hybridized carbons (Fsp3) is 0.324. The minimum Gasteiger partial charge on any atom is -0.497 e. The van der Waals surface area contributed by atoms with E-state index < -0.39 is 5.97 Å². The quantitative estimate of drug-likeness (QED) is 0.181. The van der Waals surface area contributed by atoms with E-state index in [0.717, 1.165) is 32.5 Å². The average Bonchev–Trinajstić information content (AvgIpc) is 3.57. The van der Waals surface area contributed by atoms with Crippen LogP contribution in [-0.4, -0.2) is 73.5 Å². The van der Waals surface area contributed by atoms with Crippen LogP contribution in [0.4, 0.5) is 4.79 Å². The van der Waals surface area contributed by atoms with Gasteiger partial charge in [0.1, 0.15) is 23.8 Å². The summed E-state index contributed by atoms with van der Waals surface area (Å²) in [7, 11) is 3.23. The van der Waals surface area contributed by atoms with Gasteiger partial charge >= 0.3 is 12.0 Å². The number of carbonyl (C=O) groups is 3. The first-order valence-corrected chi connectivity index (χ1v) is 14.3. The summed E-state index contributed by atoms with van der Waals surface area (Å²) in [6.07, 6.45) is 0.530. The van der Waals surface area contributed by atoms with E-state index in [9.17, 15) is 19.5 Å². The number of carboxylic acids is 1. The number of carbonyl (C=O) groups excluding carboxylic acids is 2. The largest absolute Gasteiger partial charge is 0.497 e. The molecule has 0 unspecified atom stereocenters. The molecule has 10 nitrogen and oxygen atoms in total. The zero-order valence-electron chi connectivity index (χ0n) is 25.8. The van der Waals surface area contributed by atoms with Gasteiger partial charge in [-0.25, -0.2) is 9.59 Å². The first-order chi connectivity index (χ1) is 21.1. The number of para-hydroxylation sites is 1. The third-order valence-corrected chi connectivity index (χ3v) is 7.30. The number of benzene rings is 3. The number of aromatic nitrogens is 1. The number of fused-ring (bicyclic) bond motifs is 1. The fourth-order valence-corrected chi connectivity index (χ4v) is 5.05. The molecule has 5 rings (SSSR count). The molecule has 1 aliphatic heterocycles. The van der Waals surface area contributed by atoms with Crippen molar-refractivity contribution < 1.29 is 33.7 Å². The van der Waals surface area contributed by atoms with Crippen molar-refractivity contribution in [3.8, 4) is 22.6 Å². The second-order valence-electron chi connectivity index (χ2n) is 11.3. The van der Waals surface area contributed by atoms with Gasteiger partial charge in [0.2, 0.25) is 6.41 Å². The lowest BCUT2D eigenvalue weighted by atomic mass is 9.86. The molecule has 1 saturated heterocycles. The van der Waals surface area contributed by atoms with Crippen molar-refractivity contribution in [1.82, 2.24) is 14.8 Å². The molecule has 1 fully saturated rings. The van der Waals surface area contributed by atoms with Gasteiger partial charge in [-0.15, -0.1) is 0 Å². The smallest absolute Gasteiger partial charge is 0.353 e. The minimum atomic E-state index is -0.972. The number of imide groups is 1. The van der Waals surface area contributed by atoms with Gasteiger partial charge in [0.25, 0.3) is 0 Å². The maximum atomic E-state index is 12.7. The number of methoxy groups -OCH3 is 2. The second kappa shape index (κ2) is 14.1. The van der Waals surface area contributed by atoms with Crippen molar-refractivity contribution in [2.45, 2.75) is 32.7 Å². The molecular weight excluding hydrogens is 562 g/mol. The highest BCUT2D eigenvalue weighted by molar-refractivity contribution is 6.08. The Bertz CT molecular complexity index is 1620. The van der Waals surface area contributed by atoms with Crippen LogP contribution in [0.2, 0.25) is 0 Å². The summed E-state index contributed by atoms with van der Waals surface area (Å²) in [6, 6.07) is 21.4. The van der Waals surface area contributed by atoms with Gasteiger partial charge in [-0.3, -0.25) is 9.69 Å². The van der Waals surface area contributed by atoms with Gasteiger partial charge in [-0.2, -0.15) is 0 Å². The molecule has 10 heteroatoms. The third kappa shape index (κ3) is 7.38. The SMILES string of the molecule is COCCOc1cc(Cn2c(C(=O)O)c(-c3ccc(C(C)(C)C)cc3)c3ccccc32)cc(OC)c1.O=CN1CCNC1=O. The van der Waals surface area contributed by atoms with Crippen molar-refractivity contribution in [2.24, 2.45) is 0 Å². The van der Waals surface area contributed by atoms with E-state index >= 15 is 0 Å². The highest BCUT2D eigenvalue weighted by atomic mass is 16.5. The Kier molecular flexibility index (Phi) is 10.3. The van der Waals surface area contributed by atoms with Crippen molar-refractivity contribution in [3.05, 3.63) is 83.6 Å². The predicted octanol–water partition coefficient (Wildman–Crippen LogP) is 5.55. The first kappa shape index (κ1) is 32.1. The third-order valence-electron chi connectivity index (χ3n) is 7.30. The molecule has 0 saturated carbocycles. The highest BCUT2D eigenvalue weighted by Gasteiger charge is 2.24. The van der Waals surface area contributed by atoms with Crippen LogP contribution in [0.5, 0.6) is 11.5 Å². The van der Waals surface area contributed by atoms with E-state index in [0.29, 0.717) is 50.8 Å². The molecule has 0 radical (unpaired) electrons. The van der Waals surface area contributed by atoms with E-state index in [1.54, 1.807) is 14.2 Å². The molecule has 4 aromatic rings. The molecule has 3 amide bonds. The van der Waals surface area contributed by atoms with Gasteiger partial charge in [0.15, 0.2) is 0 Å². The van der Waals surface area contributed by atoms with Gasteiger partial charge < -0.3 is 29.2 Å². The van der Waals surface area contributed by atoms with Crippen LogP contribution < -0.4 is 14.8 Å². The van der Waals surface area contributed by atoms with Gasteiger partial charge in [-0.05, 0) is 40.3 Å². The lowest BCUT2D eigenvalue weighted by molar-refractivity contribution is -0.115. The number of carboxylic acid groups (broad SMARTS) is 1. The Morgan fingerprint density at radius 3 is 2.27 bits per heavy atom. The van der Waals surface area contributed by atoms with Crippen LogP contribution in [0.25, 0.3) is 22.0 Å². The molecule has 1 aliphatic rings. The molecule has 0 spiro atoms. The summed E-state index contributed by atoms with van der Waals surface area (Å²) in [5, 5.41) is 13.8. The topological polar surface area (TPSA) is 119 Å². The van der Waals surface area contributed by atoms with Crippen LogP contribution >= 0.6 is 0 Å². The summed E-state index contributed by atoms with van der Waals surface area (Å²) >= 11 is 0. The molecule has 0 atom stereocenters. The van der Waals surface area contributed by atoms with Gasteiger partial charge in [0, 0.05) is 49.3 Å². The Morgan fingerprint density at radius 2 is 1.70 bits per heavy atom. The monoisotopic (exact) mass is 601 g/mol. The molecule has 0 bridgehead atoms. The zero-order chi connectivity index (χ0) is 31.9. The number of urea groups is 1. The number of amides is 3. The van der Waals surface area contributed by atoms with Crippen LogP contribution in [-0.2, 0) is 21.5 Å². The maximum Gasteiger partial charge on any atom is 0.353 e. The normalized spacial score (nSPS) is 12.8. The average molecular weight is 602 g/mol. The molecule has 0 aliphatic carbocycles. The Balaban J connectivity index is 0.000000479. The van der Waals surface area contributed by atoms with Crippen LogP contribution in [0.1, 0.15) is 42.4 Å². The number of aromatic carboxylic acids is 1. The summed E-state index contributed by atoms with van der Waals surface area (Å²) in [5.41, 5.74) is 4.79. The molecule has 2 heterocycles. The molecule has 3 aromatic carbocycles. The molecule has 232 valence electrons. The number of hydrogen-bond donors (Lipinski definition) is 2.